The van der Waals surface area contributed by atoms with Crippen LogP contribution in [-0.2, 0) is 14.3 Å². The molecule has 15 heavy (non-hydrogen) atoms. The SMILES string of the molecule is COC(=O)C(C)NCC(=O)NC(C)(C)C. The summed E-state index contributed by atoms with van der Waals surface area (Å²) in [5.74, 6) is -0.517. The van der Waals surface area contributed by atoms with Gasteiger partial charge in [-0.25, -0.2) is 0 Å². The van der Waals surface area contributed by atoms with Gasteiger partial charge in [-0.3, -0.25) is 14.9 Å². The summed E-state index contributed by atoms with van der Waals surface area (Å²) in [6.07, 6.45) is 0. The van der Waals surface area contributed by atoms with Crippen LogP contribution in [-0.4, -0.2) is 37.1 Å². The van der Waals surface area contributed by atoms with Gasteiger partial charge >= 0.3 is 5.97 Å². The monoisotopic (exact) mass is 216 g/mol. The highest BCUT2D eigenvalue weighted by Gasteiger charge is 2.16. The number of carbonyl (C=O) groups is 2. The van der Waals surface area contributed by atoms with Crippen LogP contribution in [0.2, 0.25) is 0 Å². The van der Waals surface area contributed by atoms with E-state index in [1.165, 1.54) is 7.11 Å². The fourth-order valence-electron chi connectivity index (χ4n) is 0.968. The van der Waals surface area contributed by atoms with Crippen molar-refractivity contribution in [1.82, 2.24) is 10.6 Å². The summed E-state index contributed by atoms with van der Waals surface area (Å²) in [5.41, 5.74) is -0.257. The Morgan fingerprint density at radius 3 is 2.27 bits per heavy atom. The zero-order valence-corrected chi connectivity index (χ0v) is 10.0. The number of nitrogens with one attached hydrogen (secondary N) is 2. The maximum atomic E-state index is 11.3. The van der Waals surface area contributed by atoms with Gasteiger partial charge in [-0.1, -0.05) is 0 Å². The number of hydrogen-bond donors (Lipinski definition) is 2. The Hall–Kier alpha value is -1.10. The summed E-state index contributed by atoms with van der Waals surface area (Å²) in [7, 11) is 1.32. The van der Waals surface area contributed by atoms with Gasteiger partial charge in [0, 0.05) is 5.54 Å². The van der Waals surface area contributed by atoms with E-state index in [2.05, 4.69) is 15.4 Å². The second-order valence-corrected chi connectivity index (χ2v) is 4.42. The molecule has 5 heteroatoms. The maximum Gasteiger partial charge on any atom is 0.322 e. The predicted octanol–water partition coefficient (Wildman–Crippen LogP) is 0.0522. The van der Waals surface area contributed by atoms with E-state index in [1.54, 1.807) is 6.92 Å². The summed E-state index contributed by atoms with van der Waals surface area (Å²) >= 11 is 0. The third-order valence-electron chi connectivity index (χ3n) is 1.64. The molecule has 0 aromatic heterocycles. The lowest BCUT2D eigenvalue weighted by molar-refractivity contribution is -0.142. The molecule has 2 N–H and O–H groups in total. The smallest absolute Gasteiger partial charge is 0.322 e. The molecule has 0 radical (unpaired) electrons. The molecule has 0 bridgehead atoms. The molecule has 0 aromatic rings. The largest absolute Gasteiger partial charge is 0.468 e. The lowest BCUT2D eigenvalue weighted by Crippen LogP contribution is -2.47. The van der Waals surface area contributed by atoms with Crippen LogP contribution in [0.1, 0.15) is 27.7 Å². The summed E-state index contributed by atoms with van der Waals surface area (Å²) in [6.45, 7) is 7.45. The van der Waals surface area contributed by atoms with Gasteiger partial charge in [-0.2, -0.15) is 0 Å². The highest BCUT2D eigenvalue weighted by Crippen LogP contribution is 1.97. The molecule has 0 saturated carbocycles. The molecule has 0 fully saturated rings. The number of hydrogen-bond acceptors (Lipinski definition) is 4. The summed E-state index contributed by atoms with van der Waals surface area (Å²) in [5, 5.41) is 5.55. The van der Waals surface area contributed by atoms with Gasteiger partial charge in [0.15, 0.2) is 0 Å². The predicted molar refractivity (Wildman–Crippen MR) is 57.4 cm³/mol. The minimum Gasteiger partial charge on any atom is -0.468 e. The molecule has 88 valence electrons. The van der Waals surface area contributed by atoms with E-state index in [-0.39, 0.29) is 24.0 Å². The van der Waals surface area contributed by atoms with E-state index in [0.717, 1.165) is 0 Å². The minimum atomic E-state index is -0.472. The van der Waals surface area contributed by atoms with Crippen molar-refractivity contribution in [3.8, 4) is 0 Å². The third kappa shape index (κ3) is 6.90. The molecule has 0 aliphatic carbocycles. The Morgan fingerprint density at radius 2 is 1.87 bits per heavy atom. The molecule has 1 amide bonds. The molecule has 1 atom stereocenters. The van der Waals surface area contributed by atoms with Crippen molar-refractivity contribution in [3.05, 3.63) is 0 Å². The highest BCUT2D eigenvalue weighted by molar-refractivity contribution is 5.80. The first kappa shape index (κ1) is 13.9. The van der Waals surface area contributed by atoms with Gasteiger partial charge in [-0.05, 0) is 27.7 Å². The van der Waals surface area contributed by atoms with Crippen molar-refractivity contribution in [3.63, 3.8) is 0 Å². The van der Waals surface area contributed by atoms with Crippen LogP contribution in [0.25, 0.3) is 0 Å². The minimum absolute atomic E-state index is 0.105. The van der Waals surface area contributed by atoms with Crippen LogP contribution < -0.4 is 10.6 Å². The second kappa shape index (κ2) is 5.70. The Bertz CT molecular complexity index is 233. The Morgan fingerprint density at radius 1 is 1.33 bits per heavy atom. The molecule has 0 rings (SSSR count). The number of amides is 1. The molecule has 5 nitrogen and oxygen atoms in total. The average molecular weight is 216 g/mol. The normalized spacial score (nSPS) is 13.1. The second-order valence-electron chi connectivity index (χ2n) is 4.42. The van der Waals surface area contributed by atoms with Crippen LogP contribution >= 0.6 is 0 Å². The van der Waals surface area contributed by atoms with Crippen molar-refractivity contribution in [2.45, 2.75) is 39.3 Å². The maximum absolute atomic E-state index is 11.3. The van der Waals surface area contributed by atoms with E-state index >= 15 is 0 Å². The van der Waals surface area contributed by atoms with Crippen molar-refractivity contribution < 1.29 is 14.3 Å². The summed E-state index contributed by atoms with van der Waals surface area (Å²) in [4.78, 5) is 22.3. The van der Waals surface area contributed by atoms with Gasteiger partial charge < -0.3 is 10.1 Å². The highest BCUT2D eigenvalue weighted by atomic mass is 16.5. The zero-order valence-electron chi connectivity index (χ0n) is 10.0. The number of carbonyl (C=O) groups excluding carboxylic acids is 2. The van der Waals surface area contributed by atoms with Crippen molar-refractivity contribution in [2.24, 2.45) is 0 Å². The lowest BCUT2D eigenvalue weighted by atomic mass is 10.1. The number of methoxy groups -OCH3 is 1. The molecule has 0 heterocycles. The molecule has 0 aromatic carbocycles. The van der Waals surface area contributed by atoms with E-state index in [4.69, 9.17) is 0 Å². The lowest BCUT2D eigenvalue weighted by Gasteiger charge is -2.21. The fourth-order valence-corrected chi connectivity index (χ4v) is 0.968. The first-order valence-electron chi connectivity index (χ1n) is 4.88. The van der Waals surface area contributed by atoms with Crippen LogP contribution in [0, 0.1) is 0 Å². The van der Waals surface area contributed by atoms with Gasteiger partial charge in [-0.15, -0.1) is 0 Å². The standard InChI is InChI=1S/C10H20N2O3/c1-7(9(14)15-5)11-6-8(13)12-10(2,3)4/h7,11H,6H2,1-5H3,(H,12,13). The first-order chi connectivity index (χ1) is 6.76. The quantitative estimate of drug-likeness (QED) is 0.652. The summed E-state index contributed by atoms with van der Waals surface area (Å²) in [6, 6.07) is -0.472. The number of ether oxygens (including phenoxy) is 1. The average Bonchev–Trinajstić information content (AvgIpc) is 2.10. The summed E-state index contributed by atoms with van der Waals surface area (Å²) < 4.78 is 4.51. The van der Waals surface area contributed by atoms with E-state index < -0.39 is 6.04 Å². The first-order valence-corrected chi connectivity index (χ1v) is 4.88. The molecule has 0 aliphatic heterocycles. The van der Waals surface area contributed by atoms with E-state index in [0.29, 0.717) is 0 Å². The van der Waals surface area contributed by atoms with Crippen LogP contribution in [0.15, 0.2) is 0 Å². The molecule has 1 unspecified atom stereocenters. The van der Waals surface area contributed by atoms with E-state index in [9.17, 15) is 9.59 Å². The van der Waals surface area contributed by atoms with Gasteiger partial charge in [0.2, 0.25) is 5.91 Å². The molecular weight excluding hydrogens is 196 g/mol. The van der Waals surface area contributed by atoms with Crippen LogP contribution in [0.5, 0.6) is 0 Å². The van der Waals surface area contributed by atoms with E-state index in [1.807, 2.05) is 20.8 Å². The Balaban J connectivity index is 3.86. The number of esters is 1. The Labute approximate surface area is 90.6 Å². The van der Waals surface area contributed by atoms with Crippen LogP contribution in [0.4, 0.5) is 0 Å². The fraction of sp³-hybridized carbons (Fsp3) is 0.800. The molecule has 0 spiro atoms. The number of rotatable bonds is 4. The molecule has 0 saturated heterocycles. The van der Waals surface area contributed by atoms with Gasteiger partial charge in [0.05, 0.1) is 13.7 Å². The van der Waals surface area contributed by atoms with Crippen molar-refractivity contribution in [2.75, 3.05) is 13.7 Å². The van der Waals surface area contributed by atoms with Crippen LogP contribution in [0.3, 0.4) is 0 Å². The van der Waals surface area contributed by atoms with Crippen molar-refractivity contribution >= 4 is 11.9 Å². The van der Waals surface area contributed by atoms with Gasteiger partial charge in [0.25, 0.3) is 0 Å². The molecule has 0 aliphatic rings. The van der Waals surface area contributed by atoms with Crippen molar-refractivity contribution in [1.29, 1.82) is 0 Å². The zero-order chi connectivity index (χ0) is 12.1. The molecular formula is C10H20N2O3. The topological polar surface area (TPSA) is 67.4 Å². The van der Waals surface area contributed by atoms with Gasteiger partial charge in [0.1, 0.15) is 6.04 Å². The Kier molecular flexibility index (Phi) is 5.28. The third-order valence-corrected chi connectivity index (χ3v) is 1.64.